The third-order valence-electron chi connectivity index (χ3n) is 7.65. The van der Waals surface area contributed by atoms with Gasteiger partial charge in [-0.2, -0.15) is 0 Å². The fraction of sp³-hybridized carbons (Fsp3) is 0.229. The van der Waals surface area contributed by atoms with Crippen LogP contribution >= 0.6 is 11.3 Å². The van der Waals surface area contributed by atoms with Crippen LogP contribution in [0.25, 0.3) is 28.2 Å². The van der Waals surface area contributed by atoms with Crippen molar-refractivity contribution in [3.8, 4) is 22.8 Å². The van der Waals surface area contributed by atoms with Crippen LogP contribution in [0.15, 0.2) is 87.8 Å². The van der Waals surface area contributed by atoms with E-state index in [-0.39, 0.29) is 12.2 Å². The Hall–Kier alpha value is -4.89. The molecule has 2 aromatic heterocycles. The molecule has 0 saturated heterocycles. The minimum atomic E-state index is -0.767. The summed E-state index contributed by atoms with van der Waals surface area (Å²) in [5.41, 5.74) is 6.21. The zero-order chi connectivity index (χ0) is 31.0. The van der Waals surface area contributed by atoms with Crippen molar-refractivity contribution in [2.75, 3.05) is 20.3 Å². The van der Waals surface area contributed by atoms with Crippen molar-refractivity contribution in [2.45, 2.75) is 33.7 Å². The van der Waals surface area contributed by atoms with E-state index in [9.17, 15) is 9.59 Å². The minimum absolute atomic E-state index is 0.196. The molecule has 6 rings (SSSR count). The van der Waals surface area contributed by atoms with Gasteiger partial charge in [-0.15, -0.1) is 0 Å². The molecule has 1 N–H and O–H groups in total. The maximum atomic E-state index is 14.4. The quantitative estimate of drug-likeness (QED) is 0.230. The molecule has 0 spiro atoms. The van der Waals surface area contributed by atoms with E-state index in [4.69, 9.17) is 19.2 Å². The Morgan fingerprint density at radius 1 is 1.02 bits per heavy atom. The van der Waals surface area contributed by atoms with Gasteiger partial charge in [-0.1, -0.05) is 59.4 Å². The van der Waals surface area contributed by atoms with Crippen LogP contribution < -0.4 is 24.4 Å². The van der Waals surface area contributed by atoms with Crippen molar-refractivity contribution in [3.63, 3.8) is 0 Å². The number of hydrogen-bond donors (Lipinski definition) is 1. The zero-order valence-electron chi connectivity index (χ0n) is 25.3. The minimum Gasteiger partial charge on any atom is -0.493 e. The Labute approximate surface area is 258 Å². The van der Waals surface area contributed by atoms with E-state index in [2.05, 4.69) is 30.1 Å². The number of fused-ring (bicyclic) bond motifs is 2. The summed E-state index contributed by atoms with van der Waals surface area (Å²) >= 11 is 1.30. The smallest absolute Gasteiger partial charge is 0.338 e. The number of aromatic amines is 1. The summed E-state index contributed by atoms with van der Waals surface area (Å²) in [4.78, 5) is 36.6. The van der Waals surface area contributed by atoms with Crippen LogP contribution in [0.3, 0.4) is 0 Å². The first-order valence-electron chi connectivity index (χ1n) is 14.5. The Morgan fingerprint density at radius 3 is 2.55 bits per heavy atom. The van der Waals surface area contributed by atoms with Crippen molar-refractivity contribution in [1.29, 1.82) is 0 Å². The molecule has 1 aliphatic heterocycles. The molecule has 0 bridgehead atoms. The first kappa shape index (κ1) is 29.2. The van der Waals surface area contributed by atoms with Crippen LogP contribution in [0.4, 0.5) is 0 Å². The Kier molecular flexibility index (Phi) is 7.97. The van der Waals surface area contributed by atoms with Crippen molar-refractivity contribution < 1.29 is 19.0 Å². The number of thiazole rings is 1. The number of carbonyl (C=O) groups is 1. The molecule has 1 aliphatic rings. The lowest BCUT2D eigenvalue weighted by Gasteiger charge is -2.25. The second-order valence-electron chi connectivity index (χ2n) is 10.5. The maximum absolute atomic E-state index is 14.4. The summed E-state index contributed by atoms with van der Waals surface area (Å²) in [6.45, 7) is 8.10. The normalized spacial score (nSPS) is 14.8. The van der Waals surface area contributed by atoms with Gasteiger partial charge in [0, 0.05) is 16.5 Å². The van der Waals surface area contributed by atoms with E-state index < -0.39 is 12.0 Å². The van der Waals surface area contributed by atoms with Crippen LogP contribution in [0, 0.1) is 6.92 Å². The molecule has 5 aromatic rings. The number of nitrogens with one attached hydrogen (secondary N) is 1. The summed E-state index contributed by atoms with van der Waals surface area (Å²) in [7, 11) is 1.57. The third kappa shape index (κ3) is 5.13. The van der Waals surface area contributed by atoms with Gasteiger partial charge >= 0.3 is 5.97 Å². The number of ether oxygens (including phenoxy) is 3. The number of rotatable bonds is 8. The highest BCUT2D eigenvalue weighted by Gasteiger charge is 2.34. The summed E-state index contributed by atoms with van der Waals surface area (Å²) in [6.07, 6.45) is 1.94. The van der Waals surface area contributed by atoms with Crippen LogP contribution in [-0.4, -0.2) is 35.8 Å². The predicted molar refractivity (Wildman–Crippen MR) is 173 cm³/mol. The summed E-state index contributed by atoms with van der Waals surface area (Å²) in [5.74, 6) is 0.568. The molecule has 0 amide bonds. The lowest BCUT2D eigenvalue weighted by Crippen LogP contribution is -2.40. The first-order chi connectivity index (χ1) is 21.3. The molecule has 9 heteroatoms. The number of aromatic nitrogens is 2. The van der Waals surface area contributed by atoms with Crippen LogP contribution in [-0.2, 0) is 9.53 Å². The number of nitrogens with zero attached hydrogens (tertiary/aromatic N) is 2. The topological polar surface area (TPSA) is 94.9 Å². The van der Waals surface area contributed by atoms with Crippen molar-refractivity contribution >= 4 is 34.3 Å². The second-order valence-corrected chi connectivity index (χ2v) is 11.5. The molecule has 1 atom stereocenters. The van der Waals surface area contributed by atoms with Crippen molar-refractivity contribution in [1.82, 2.24) is 9.55 Å². The molecule has 0 fully saturated rings. The number of aryl methyl sites for hydroxylation is 1. The predicted octanol–water partition coefficient (Wildman–Crippen LogP) is 5.66. The van der Waals surface area contributed by atoms with E-state index in [1.165, 1.54) is 11.3 Å². The number of methoxy groups -OCH3 is 1. The van der Waals surface area contributed by atoms with E-state index in [1.54, 1.807) is 31.6 Å². The number of hydrogen-bond acceptors (Lipinski definition) is 7. The molecule has 224 valence electrons. The van der Waals surface area contributed by atoms with Gasteiger partial charge in [0.1, 0.15) is 0 Å². The standard InChI is InChI=1S/C35H33N3O5S/c1-6-42-28-18-23(14-16-27(28)41-5)32-30(34(40)43-7-2)21(4)36-35-38(32)33(39)29(44-35)19-25-24-17-20(3)13-15-26(24)37-31(25)22-11-9-8-10-12-22/h8-19,32,37H,6-7H2,1-5H3/b29-19+/t32-/m1/s1. The number of benzene rings is 3. The first-order valence-corrected chi connectivity index (χ1v) is 15.3. The molecule has 0 radical (unpaired) electrons. The van der Waals surface area contributed by atoms with Gasteiger partial charge in [0.05, 0.1) is 47.9 Å². The van der Waals surface area contributed by atoms with Gasteiger partial charge in [0.2, 0.25) is 0 Å². The van der Waals surface area contributed by atoms with Gasteiger partial charge in [-0.05, 0) is 69.2 Å². The van der Waals surface area contributed by atoms with E-state index >= 15 is 0 Å². The Balaban J connectivity index is 1.61. The monoisotopic (exact) mass is 607 g/mol. The van der Waals surface area contributed by atoms with Crippen LogP contribution in [0.1, 0.15) is 43.5 Å². The van der Waals surface area contributed by atoms with Gasteiger partial charge in [-0.3, -0.25) is 9.36 Å². The van der Waals surface area contributed by atoms with E-state index in [0.29, 0.717) is 44.3 Å². The molecule has 3 aromatic carbocycles. The van der Waals surface area contributed by atoms with Gasteiger partial charge in [0.25, 0.3) is 5.56 Å². The molecule has 8 nitrogen and oxygen atoms in total. The lowest BCUT2D eigenvalue weighted by molar-refractivity contribution is -0.139. The Morgan fingerprint density at radius 2 is 1.82 bits per heavy atom. The molecular formula is C35H33N3O5S. The van der Waals surface area contributed by atoms with Crippen LogP contribution in [0.2, 0.25) is 0 Å². The number of H-pyrrole nitrogens is 1. The molecule has 3 heterocycles. The highest BCUT2D eigenvalue weighted by Crippen LogP contribution is 2.36. The fourth-order valence-electron chi connectivity index (χ4n) is 5.68. The van der Waals surface area contributed by atoms with Crippen molar-refractivity contribution in [2.24, 2.45) is 4.99 Å². The molecule has 44 heavy (non-hydrogen) atoms. The lowest BCUT2D eigenvalue weighted by atomic mass is 9.95. The number of allylic oxidation sites excluding steroid dienone is 1. The fourth-order valence-corrected chi connectivity index (χ4v) is 6.71. The Bertz CT molecular complexity index is 2100. The third-order valence-corrected chi connectivity index (χ3v) is 8.64. The highest BCUT2D eigenvalue weighted by molar-refractivity contribution is 7.07. The maximum Gasteiger partial charge on any atom is 0.338 e. The molecule has 0 unspecified atom stereocenters. The number of esters is 1. The van der Waals surface area contributed by atoms with E-state index in [0.717, 1.165) is 33.3 Å². The van der Waals surface area contributed by atoms with Gasteiger partial charge < -0.3 is 19.2 Å². The largest absolute Gasteiger partial charge is 0.493 e. The van der Waals surface area contributed by atoms with Crippen molar-refractivity contribution in [3.05, 3.63) is 114 Å². The van der Waals surface area contributed by atoms with Gasteiger partial charge in [-0.25, -0.2) is 9.79 Å². The van der Waals surface area contributed by atoms with Gasteiger partial charge in [0.15, 0.2) is 16.3 Å². The second kappa shape index (κ2) is 12.0. The average molecular weight is 608 g/mol. The number of carbonyl (C=O) groups excluding carboxylic acids is 1. The molecule has 0 aliphatic carbocycles. The highest BCUT2D eigenvalue weighted by atomic mass is 32.1. The summed E-state index contributed by atoms with van der Waals surface area (Å²) in [6, 6.07) is 21.0. The molecular weight excluding hydrogens is 574 g/mol. The SMILES string of the molecule is CCOC(=O)C1=C(C)N=c2s/c(=C/c3c(-c4ccccc4)[nH]c4ccc(C)cc34)c(=O)n2[C@@H]1c1ccc(OC)c(OCC)c1. The molecule has 0 saturated carbocycles. The average Bonchev–Trinajstić information content (AvgIpc) is 3.53. The summed E-state index contributed by atoms with van der Waals surface area (Å²) in [5, 5.41) is 1.02. The summed E-state index contributed by atoms with van der Waals surface area (Å²) < 4.78 is 18.9. The zero-order valence-corrected chi connectivity index (χ0v) is 26.1. The van der Waals surface area contributed by atoms with E-state index in [1.807, 2.05) is 55.5 Å². The van der Waals surface area contributed by atoms with Crippen LogP contribution in [0.5, 0.6) is 11.5 Å².